The van der Waals surface area contributed by atoms with Crippen LogP contribution in [0.1, 0.15) is 0 Å². The van der Waals surface area contributed by atoms with Gasteiger partial charge in [0.25, 0.3) is 6.47 Å². The molecule has 0 radical (unpaired) electrons. The van der Waals surface area contributed by atoms with Gasteiger partial charge in [-0.3, -0.25) is 10.1 Å². The van der Waals surface area contributed by atoms with Crippen LogP contribution in [0.15, 0.2) is 0 Å². The summed E-state index contributed by atoms with van der Waals surface area (Å²) in [6.45, 7) is 1.66. The lowest BCUT2D eigenvalue weighted by Gasteiger charge is -1.99. The summed E-state index contributed by atoms with van der Waals surface area (Å²) in [6.07, 6.45) is 0. The molecule has 1 N–H and O–H groups in total. The molecule has 0 amide bonds. The highest BCUT2D eigenvalue weighted by atomic mass is 16.5. The Morgan fingerprint density at radius 1 is 1.56 bits per heavy atom. The Labute approximate surface area is 54.1 Å². The van der Waals surface area contributed by atoms with E-state index in [4.69, 9.17) is 4.74 Å². The van der Waals surface area contributed by atoms with Crippen molar-refractivity contribution in [3.05, 3.63) is 0 Å². The Hall–Kier alpha value is -0.610. The molecule has 4 heteroatoms. The maximum atomic E-state index is 9.54. The van der Waals surface area contributed by atoms with E-state index in [2.05, 4.69) is 10.1 Å². The summed E-state index contributed by atoms with van der Waals surface area (Å²) in [7, 11) is 1.78. The summed E-state index contributed by atoms with van der Waals surface area (Å²) in [6, 6.07) is 0. The van der Waals surface area contributed by atoms with Crippen LogP contribution >= 0.6 is 0 Å². The largest absolute Gasteiger partial charge is 0.465 e. The summed E-state index contributed by atoms with van der Waals surface area (Å²) in [5, 5.41) is 2.78. The molecule has 0 saturated heterocycles. The summed E-state index contributed by atoms with van der Waals surface area (Å²) in [5.74, 6) is 0. The Kier molecular flexibility index (Phi) is 6.89. The molecular formula is C5H11NO3. The maximum absolute atomic E-state index is 9.54. The van der Waals surface area contributed by atoms with E-state index in [0.717, 1.165) is 0 Å². The van der Waals surface area contributed by atoms with Gasteiger partial charge in [0.05, 0.1) is 13.3 Å². The Morgan fingerprint density at radius 2 is 2.33 bits per heavy atom. The second-order valence-electron chi connectivity index (χ2n) is 1.37. The lowest BCUT2D eigenvalue weighted by molar-refractivity contribution is -0.130. The molecule has 0 unspecified atom stereocenters. The lowest BCUT2D eigenvalue weighted by Crippen LogP contribution is -2.14. The highest BCUT2D eigenvalue weighted by Gasteiger charge is 1.83. The Morgan fingerprint density at radius 3 is 2.89 bits per heavy atom. The van der Waals surface area contributed by atoms with Gasteiger partial charge in [-0.1, -0.05) is 0 Å². The van der Waals surface area contributed by atoms with Crippen LogP contribution in [0.2, 0.25) is 0 Å². The Bertz CT molecular complexity index is 67.2. The van der Waals surface area contributed by atoms with Crippen molar-refractivity contribution in [2.45, 2.75) is 0 Å². The molecule has 54 valence electrons. The summed E-state index contributed by atoms with van der Waals surface area (Å²) in [5.41, 5.74) is 0. The molecule has 0 bridgehead atoms. The zero-order valence-electron chi connectivity index (χ0n) is 5.42. The number of ether oxygens (including phenoxy) is 2. The molecule has 0 aliphatic rings. The van der Waals surface area contributed by atoms with Gasteiger partial charge in [0.2, 0.25) is 0 Å². The topological polar surface area (TPSA) is 47.6 Å². The van der Waals surface area contributed by atoms with Crippen molar-refractivity contribution < 1.29 is 14.3 Å². The second kappa shape index (κ2) is 7.39. The van der Waals surface area contributed by atoms with Crippen LogP contribution in [0.5, 0.6) is 0 Å². The van der Waals surface area contributed by atoms with Crippen LogP contribution < -0.4 is 5.32 Å². The van der Waals surface area contributed by atoms with Crippen molar-refractivity contribution in [2.24, 2.45) is 0 Å². The molecule has 0 aliphatic heterocycles. The van der Waals surface area contributed by atoms with Gasteiger partial charge in [-0.05, 0) is 7.05 Å². The van der Waals surface area contributed by atoms with Gasteiger partial charge in [0.1, 0.15) is 6.61 Å². The monoisotopic (exact) mass is 133 g/mol. The fraction of sp³-hybridized carbons (Fsp3) is 0.800. The number of rotatable bonds is 6. The van der Waals surface area contributed by atoms with Crippen molar-refractivity contribution in [1.82, 2.24) is 5.32 Å². The van der Waals surface area contributed by atoms with Gasteiger partial charge < -0.3 is 9.47 Å². The van der Waals surface area contributed by atoms with E-state index in [0.29, 0.717) is 26.4 Å². The van der Waals surface area contributed by atoms with Crippen LogP contribution in [0, 0.1) is 0 Å². The minimum absolute atomic E-state index is 0.325. The Balaban J connectivity index is 2.66. The van der Waals surface area contributed by atoms with Crippen molar-refractivity contribution in [3.63, 3.8) is 0 Å². The quantitative estimate of drug-likeness (QED) is 0.297. The van der Waals surface area contributed by atoms with Crippen LogP contribution in [0.3, 0.4) is 0 Å². The van der Waals surface area contributed by atoms with E-state index in [1.807, 2.05) is 0 Å². The first-order valence-electron chi connectivity index (χ1n) is 2.69. The molecule has 0 rings (SSSR count). The SMILES string of the molecule is CNCOCCOC=O. The predicted molar refractivity (Wildman–Crippen MR) is 31.9 cm³/mol. The van der Waals surface area contributed by atoms with Gasteiger partial charge in [-0.15, -0.1) is 0 Å². The molecule has 0 heterocycles. The molecule has 0 saturated carbocycles. The lowest BCUT2D eigenvalue weighted by atomic mass is 10.8. The minimum atomic E-state index is 0.325. The number of carbonyl (C=O) groups is 1. The molecule has 0 spiro atoms. The zero-order chi connectivity index (χ0) is 6.95. The first kappa shape index (κ1) is 8.39. The number of carbonyl (C=O) groups excluding carboxylic acids is 1. The van der Waals surface area contributed by atoms with Crippen molar-refractivity contribution in [2.75, 3.05) is 27.0 Å². The van der Waals surface area contributed by atoms with Crippen LogP contribution in [-0.2, 0) is 14.3 Å². The van der Waals surface area contributed by atoms with Gasteiger partial charge in [0.15, 0.2) is 0 Å². The molecule has 0 aliphatic carbocycles. The van der Waals surface area contributed by atoms with E-state index in [1.165, 1.54) is 0 Å². The summed E-state index contributed by atoms with van der Waals surface area (Å²) >= 11 is 0. The molecule has 0 atom stereocenters. The number of nitrogens with one attached hydrogen (secondary N) is 1. The van der Waals surface area contributed by atoms with Gasteiger partial charge in [-0.25, -0.2) is 0 Å². The van der Waals surface area contributed by atoms with Crippen LogP contribution in [-0.4, -0.2) is 33.5 Å². The minimum Gasteiger partial charge on any atom is -0.465 e. The third kappa shape index (κ3) is 7.39. The van der Waals surface area contributed by atoms with E-state index in [1.54, 1.807) is 7.05 Å². The van der Waals surface area contributed by atoms with Gasteiger partial charge in [-0.2, -0.15) is 0 Å². The van der Waals surface area contributed by atoms with Crippen molar-refractivity contribution >= 4 is 6.47 Å². The second-order valence-corrected chi connectivity index (χ2v) is 1.37. The zero-order valence-corrected chi connectivity index (χ0v) is 5.42. The third-order valence-electron chi connectivity index (χ3n) is 0.660. The van der Waals surface area contributed by atoms with E-state index in [-0.39, 0.29) is 0 Å². The molecule has 0 aromatic heterocycles. The number of hydrogen-bond donors (Lipinski definition) is 1. The van der Waals surface area contributed by atoms with E-state index in [9.17, 15) is 4.79 Å². The molecule has 4 nitrogen and oxygen atoms in total. The van der Waals surface area contributed by atoms with E-state index < -0.39 is 0 Å². The standard InChI is InChI=1S/C5H11NO3/c1-6-4-8-2-3-9-5-7/h5-6H,2-4H2,1H3. The van der Waals surface area contributed by atoms with Gasteiger partial charge >= 0.3 is 0 Å². The van der Waals surface area contributed by atoms with E-state index >= 15 is 0 Å². The fourth-order valence-electron chi connectivity index (χ4n) is 0.329. The molecule has 0 aromatic rings. The van der Waals surface area contributed by atoms with Crippen molar-refractivity contribution in [3.8, 4) is 0 Å². The highest BCUT2D eigenvalue weighted by molar-refractivity contribution is 5.36. The summed E-state index contributed by atoms with van der Waals surface area (Å²) in [4.78, 5) is 9.54. The average molecular weight is 133 g/mol. The van der Waals surface area contributed by atoms with Gasteiger partial charge in [0, 0.05) is 0 Å². The highest BCUT2D eigenvalue weighted by Crippen LogP contribution is 1.71. The summed E-state index contributed by atoms with van der Waals surface area (Å²) < 4.78 is 9.24. The van der Waals surface area contributed by atoms with Crippen LogP contribution in [0.4, 0.5) is 0 Å². The fourth-order valence-corrected chi connectivity index (χ4v) is 0.329. The molecule has 9 heavy (non-hydrogen) atoms. The number of hydrogen-bond acceptors (Lipinski definition) is 4. The normalized spacial score (nSPS) is 9.00. The smallest absolute Gasteiger partial charge is 0.293 e. The first-order valence-corrected chi connectivity index (χ1v) is 2.69. The predicted octanol–water partition coefficient (Wildman–Crippen LogP) is -0.647. The van der Waals surface area contributed by atoms with Crippen LogP contribution in [0.25, 0.3) is 0 Å². The first-order chi connectivity index (χ1) is 4.41. The third-order valence-corrected chi connectivity index (χ3v) is 0.660. The molecule has 0 fully saturated rings. The molecule has 0 aromatic carbocycles. The van der Waals surface area contributed by atoms with Crippen molar-refractivity contribution in [1.29, 1.82) is 0 Å². The average Bonchev–Trinajstić information content (AvgIpc) is 1.89. The maximum Gasteiger partial charge on any atom is 0.293 e. The molecular weight excluding hydrogens is 122 g/mol.